The van der Waals surface area contributed by atoms with Gasteiger partial charge in [-0.15, -0.1) is 0 Å². The molecule has 3 amide bonds. The van der Waals surface area contributed by atoms with Crippen molar-refractivity contribution in [2.45, 2.75) is 19.0 Å². The number of hydrogen-bond donors (Lipinski definition) is 0. The fourth-order valence-corrected chi connectivity index (χ4v) is 5.50. The van der Waals surface area contributed by atoms with E-state index < -0.39 is 12.1 Å². The van der Waals surface area contributed by atoms with Crippen molar-refractivity contribution in [3.05, 3.63) is 93.6 Å². The van der Waals surface area contributed by atoms with Crippen LogP contribution >= 0.6 is 23.2 Å². The highest BCUT2D eigenvalue weighted by Gasteiger charge is 2.45. The van der Waals surface area contributed by atoms with E-state index in [1.54, 1.807) is 30.1 Å². The van der Waals surface area contributed by atoms with Gasteiger partial charge in [0.15, 0.2) is 0 Å². The number of benzene rings is 2. The van der Waals surface area contributed by atoms with Crippen LogP contribution in [0.25, 0.3) is 0 Å². The maximum absolute atomic E-state index is 14.5. The third kappa shape index (κ3) is 6.38. The predicted octanol–water partition coefficient (Wildman–Crippen LogP) is 5.16. The molecule has 0 unspecified atom stereocenters. The first-order valence-electron chi connectivity index (χ1n) is 13.9. The van der Waals surface area contributed by atoms with Crippen molar-refractivity contribution >= 4 is 41.0 Å². The van der Waals surface area contributed by atoms with E-state index in [2.05, 4.69) is 9.88 Å². The Balaban J connectivity index is 1.56. The highest BCUT2D eigenvalue weighted by atomic mass is 35.5. The van der Waals surface area contributed by atoms with E-state index in [1.807, 2.05) is 72.5 Å². The summed E-state index contributed by atoms with van der Waals surface area (Å²) in [5.74, 6) is 0.939. The molecule has 220 valence electrons. The molecule has 0 bridgehead atoms. The van der Waals surface area contributed by atoms with Gasteiger partial charge in [0.05, 0.1) is 24.8 Å². The predicted molar refractivity (Wildman–Crippen MR) is 164 cm³/mol. The third-order valence-electron chi connectivity index (χ3n) is 7.49. The van der Waals surface area contributed by atoms with Crippen molar-refractivity contribution < 1.29 is 14.3 Å². The Kier molecular flexibility index (Phi) is 9.30. The van der Waals surface area contributed by atoms with Crippen molar-refractivity contribution in [2.24, 2.45) is 4.99 Å². The second kappa shape index (κ2) is 13.1. The summed E-state index contributed by atoms with van der Waals surface area (Å²) in [7, 11) is 3.50. The summed E-state index contributed by atoms with van der Waals surface area (Å²) in [5, 5.41) is 1.22. The van der Waals surface area contributed by atoms with Crippen LogP contribution in [-0.2, 0) is 4.79 Å². The fourth-order valence-electron chi connectivity index (χ4n) is 5.25. The molecule has 11 heteroatoms. The Bertz CT molecular complexity index is 1440. The van der Waals surface area contributed by atoms with Crippen LogP contribution in [-0.4, -0.2) is 95.8 Å². The third-order valence-corrected chi connectivity index (χ3v) is 7.99. The summed E-state index contributed by atoms with van der Waals surface area (Å²) < 4.78 is 5.89. The Morgan fingerprint density at radius 2 is 1.55 bits per heavy atom. The van der Waals surface area contributed by atoms with E-state index in [9.17, 15) is 9.59 Å². The molecule has 42 heavy (non-hydrogen) atoms. The van der Waals surface area contributed by atoms with E-state index in [1.165, 1.54) is 0 Å². The molecular weight excluding hydrogens is 575 g/mol. The van der Waals surface area contributed by atoms with E-state index in [-0.39, 0.29) is 11.9 Å². The molecule has 2 aliphatic heterocycles. The molecule has 0 saturated carbocycles. The normalized spacial score (nSPS) is 19.0. The quantitative estimate of drug-likeness (QED) is 0.370. The number of carbonyl (C=O) groups is 2. The molecule has 3 aromatic rings. The molecule has 3 heterocycles. The van der Waals surface area contributed by atoms with Gasteiger partial charge in [-0.1, -0.05) is 47.5 Å². The van der Waals surface area contributed by atoms with Gasteiger partial charge >= 0.3 is 6.03 Å². The van der Waals surface area contributed by atoms with Crippen LogP contribution in [0.2, 0.25) is 10.0 Å². The maximum atomic E-state index is 14.5. The molecule has 0 N–H and O–H groups in total. The van der Waals surface area contributed by atoms with Crippen molar-refractivity contribution in [3.63, 3.8) is 0 Å². The van der Waals surface area contributed by atoms with Crippen molar-refractivity contribution in [2.75, 3.05) is 53.4 Å². The average molecular weight is 610 g/mol. The smallest absolute Gasteiger partial charge is 0.326 e. The molecule has 1 aromatic heterocycles. The average Bonchev–Trinajstić information content (AvgIpc) is 3.38. The fraction of sp³-hybridized carbons (Fsp3) is 0.355. The lowest BCUT2D eigenvalue weighted by Crippen LogP contribution is -2.55. The number of likely N-dealkylation sites (N-methyl/N-ethyl adjacent to an activating group) is 1. The van der Waals surface area contributed by atoms with Gasteiger partial charge in [-0.3, -0.25) is 19.6 Å². The van der Waals surface area contributed by atoms with E-state index >= 15 is 0 Å². The minimum absolute atomic E-state index is 0.0392. The number of amides is 3. The SMILES string of the molecule is CCOc1ncccc1C1=N[C@H](c2ccc(Cl)cc2)[C@H](c2ccc(Cl)cc2)N1C(=O)N1CCN(CC(=O)N(C)C)CC1. The number of hydrogen-bond acceptors (Lipinski definition) is 6. The number of halogens is 2. The van der Waals surface area contributed by atoms with Gasteiger partial charge in [-0.05, 0) is 54.4 Å². The molecule has 0 spiro atoms. The monoisotopic (exact) mass is 608 g/mol. The molecule has 9 nitrogen and oxygen atoms in total. The molecule has 0 aliphatic carbocycles. The zero-order chi connectivity index (χ0) is 29.8. The molecule has 5 rings (SSSR count). The second-order valence-corrected chi connectivity index (χ2v) is 11.3. The lowest BCUT2D eigenvalue weighted by Gasteiger charge is -2.39. The highest BCUT2D eigenvalue weighted by molar-refractivity contribution is 6.30. The van der Waals surface area contributed by atoms with Gasteiger partial charge in [0.2, 0.25) is 11.8 Å². The molecule has 1 fully saturated rings. The van der Waals surface area contributed by atoms with E-state index in [0.717, 1.165) is 11.1 Å². The molecule has 2 atom stereocenters. The van der Waals surface area contributed by atoms with Crippen LogP contribution in [0.1, 0.15) is 35.7 Å². The van der Waals surface area contributed by atoms with Gasteiger partial charge < -0.3 is 14.5 Å². The molecule has 2 aromatic carbocycles. The first kappa shape index (κ1) is 29.8. The Morgan fingerprint density at radius 1 is 0.929 bits per heavy atom. The Hall–Kier alpha value is -3.66. The summed E-state index contributed by atoms with van der Waals surface area (Å²) >= 11 is 12.5. The highest BCUT2D eigenvalue weighted by Crippen LogP contribution is 2.45. The van der Waals surface area contributed by atoms with Crippen molar-refractivity contribution in [3.8, 4) is 5.88 Å². The standard InChI is InChI=1S/C31H34Cl2N6O3/c1-4-42-30-25(6-5-15-34-30)29-35-27(21-7-11-23(32)12-8-21)28(22-9-13-24(33)14-10-22)39(29)31(41)38-18-16-37(17-19-38)20-26(40)36(2)3/h5-15,27-28H,4,16-20H2,1-3H3/t27-,28+/m1/s1. The lowest BCUT2D eigenvalue weighted by atomic mass is 9.93. The van der Waals surface area contributed by atoms with Crippen LogP contribution in [0.15, 0.2) is 71.9 Å². The topological polar surface area (TPSA) is 81.6 Å². The van der Waals surface area contributed by atoms with Crippen LogP contribution in [0.4, 0.5) is 4.79 Å². The van der Waals surface area contributed by atoms with E-state index in [0.29, 0.717) is 66.7 Å². The van der Waals surface area contributed by atoms with Crippen LogP contribution < -0.4 is 4.74 Å². The molecular formula is C31H34Cl2N6O3. The number of ether oxygens (including phenoxy) is 1. The number of urea groups is 1. The number of carbonyl (C=O) groups excluding carboxylic acids is 2. The number of aliphatic imine (C=N–C) groups is 1. The zero-order valence-corrected chi connectivity index (χ0v) is 25.4. The number of aromatic nitrogens is 1. The minimum Gasteiger partial charge on any atom is -0.477 e. The number of rotatable bonds is 7. The molecule has 1 saturated heterocycles. The number of piperazine rings is 1. The largest absolute Gasteiger partial charge is 0.477 e. The maximum Gasteiger partial charge on any atom is 0.326 e. The van der Waals surface area contributed by atoms with Gasteiger partial charge in [0, 0.05) is 56.5 Å². The summed E-state index contributed by atoms with van der Waals surface area (Å²) in [6.45, 7) is 4.78. The van der Waals surface area contributed by atoms with Crippen molar-refractivity contribution in [1.29, 1.82) is 0 Å². The Labute approximate surface area is 256 Å². The molecule has 2 aliphatic rings. The van der Waals surface area contributed by atoms with Gasteiger partial charge in [-0.25, -0.2) is 9.78 Å². The summed E-state index contributed by atoms with van der Waals surface area (Å²) in [4.78, 5) is 43.7. The number of pyridine rings is 1. The first-order valence-corrected chi connectivity index (χ1v) is 14.7. The second-order valence-electron chi connectivity index (χ2n) is 10.4. The summed E-state index contributed by atoms with van der Waals surface area (Å²) in [6.07, 6.45) is 1.66. The summed E-state index contributed by atoms with van der Waals surface area (Å²) in [5.41, 5.74) is 2.45. The van der Waals surface area contributed by atoms with Gasteiger partial charge in [0.25, 0.3) is 0 Å². The summed E-state index contributed by atoms with van der Waals surface area (Å²) in [6, 6.07) is 17.7. The van der Waals surface area contributed by atoms with E-state index in [4.69, 9.17) is 32.9 Å². The first-order chi connectivity index (χ1) is 20.3. The van der Waals surface area contributed by atoms with Crippen LogP contribution in [0.5, 0.6) is 5.88 Å². The Morgan fingerprint density at radius 3 is 2.14 bits per heavy atom. The zero-order valence-electron chi connectivity index (χ0n) is 23.9. The minimum atomic E-state index is -0.464. The van der Waals surface area contributed by atoms with Crippen molar-refractivity contribution in [1.82, 2.24) is 24.6 Å². The number of amidine groups is 1. The van der Waals surface area contributed by atoms with Gasteiger partial charge in [0.1, 0.15) is 11.9 Å². The lowest BCUT2D eigenvalue weighted by molar-refractivity contribution is -0.130. The van der Waals surface area contributed by atoms with Gasteiger partial charge in [-0.2, -0.15) is 0 Å². The van der Waals surface area contributed by atoms with Crippen LogP contribution in [0, 0.1) is 0 Å². The molecule has 0 radical (unpaired) electrons. The van der Waals surface area contributed by atoms with Crippen LogP contribution in [0.3, 0.4) is 0 Å². The number of nitrogens with zero attached hydrogens (tertiary/aromatic N) is 6.